The molecule has 0 saturated carbocycles. The Labute approximate surface area is 139 Å². The van der Waals surface area contributed by atoms with Gasteiger partial charge in [0.25, 0.3) is 5.91 Å². The summed E-state index contributed by atoms with van der Waals surface area (Å²) in [5.41, 5.74) is 1.71. The lowest BCUT2D eigenvalue weighted by atomic mass is 10.2. The average molecular weight is 328 g/mol. The zero-order valence-electron chi connectivity index (χ0n) is 12.4. The lowest BCUT2D eigenvalue weighted by molar-refractivity contribution is -0.115. The molecule has 1 atom stereocenters. The van der Waals surface area contributed by atoms with Crippen molar-refractivity contribution in [2.24, 2.45) is 0 Å². The van der Waals surface area contributed by atoms with Crippen molar-refractivity contribution in [2.75, 3.05) is 12.4 Å². The molecular weight excluding hydrogens is 314 g/mol. The van der Waals surface area contributed by atoms with E-state index in [0.29, 0.717) is 11.3 Å². The van der Waals surface area contributed by atoms with E-state index in [-0.39, 0.29) is 0 Å². The monoisotopic (exact) mass is 327 g/mol. The van der Waals surface area contributed by atoms with Crippen molar-refractivity contribution in [3.63, 3.8) is 0 Å². The van der Waals surface area contributed by atoms with Gasteiger partial charge in [-0.25, -0.2) is 4.79 Å². The van der Waals surface area contributed by atoms with Crippen LogP contribution in [-0.4, -0.2) is 24.4 Å². The summed E-state index contributed by atoms with van der Waals surface area (Å²) in [4.78, 5) is 23.3. The third-order valence-corrected chi connectivity index (χ3v) is 3.23. The second-order valence-corrected chi connectivity index (χ2v) is 4.99. The number of hydrogen-bond donors (Lipinski definition) is 1. The van der Waals surface area contributed by atoms with E-state index in [1.807, 2.05) is 30.3 Å². The molecule has 2 aromatic carbocycles. The molecule has 4 nitrogen and oxygen atoms in total. The van der Waals surface area contributed by atoms with Gasteiger partial charge in [-0.1, -0.05) is 41.6 Å². The van der Waals surface area contributed by atoms with Crippen LogP contribution in [0.5, 0.6) is 0 Å². The minimum atomic E-state index is -0.976. The van der Waals surface area contributed by atoms with E-state index in [4.69, 9.17) is 11.6 Å². The van der Waals surface area contributed by atoms with Gasteiger partial charge in [-0.3, -0.25) is 4.79 Å². The van der Waals surface area contributed by atoms with Crippen molar-refractivity contribution in [1.29, 1.82) is 0 Å². The fraction of sp³-hybridized carbons (Fsp3) is 0.111. The third-order valence-electron chi connectivity index (χ3n) is 2.92. The Bertz CT molecular complexity index is 745. The van der Waals surface area contributed by atoms with Gasteiger partial charge >= 0.3 is 5.97 Å². The summed E-state index contributed by atoms with van der Waals surface area (Å²) in [6.45, 7) is 0. The highest BCUT2D eigenvalue weighted by molar-refractivity contribution is 6.34. The van der Waals surface area contributed by atoms with Gasteiger partial charge in [0.2, 0.25) is 0 Å². The highest BCUT2D eigenvalue weighted by atomic mass is 35.5. The van der Waals surface area contributed by atoms with Crippen molar-refractivity contribution in [2.45, 2.75) is 5.38 Å². The van der Waals surface area contributed by atoms with Crippen molar-refractivity contribution in [3.8, 4) is 11.8 Å². The lowest BCUT2D eigenvalue weighted by Gasteiger charge is -2.06. The van der Waals surface area contributed by atoms with Gasteiger partial charge in [-0.2, -0.15) is 0 Å². The maximum atomic E-state index is 12.0. The van der Waals surface area contributed by atoms with E-state index in [0.717, 1.165) is 5.56 Å². The number of esters is 1. The number of anilines is 1. The molecule has 2 rings (SSSR count). The highest BCUT2D eigenvalue weighted by Crippen LogP contribution is 2.11. The van der Waals surface area contributed by atoms with E-state index in [9.17, 15) is 9.59 Å². The first-order valence-corrected chi connectivity index (χ1v) is 7.23. The molecule has 23 heavy (non-hydrogen) atoms. The summed E-state index contributed by atoms with van der Waals surface area (Å²) >= 11 is 5.98. The van der Waals surface area contributed by atoms with Gasteiger partial charge in [-0.15, -0.1) is 0 Å². The number of ether oxygens (including phenoxy) is 1. The zero-order valence-corrected chi connectivity index (χ0v) is 13.1. The van der Waals surface area contributed by atoms with Crippen LogP contribution in [-0.2, 0) is 9.53 Å². The standard InChI is InChI=1S/C18H14ClNO3/c1-23-18(22)14-8-10-15(11-9-14)20-17(21)16(19)12-7-13-5-3-2-4-6-13/h2-6,8-11,16H,1H3,(H,20,21). The molecule has 0 heterocycles. The third kappa shape index (κ3) is 4.87. The maximum absolute atomic E-state index is 12.0. The normalized spacial score (nSPS) is 10.9. The second kappa shape index (κ2) is 8.02. The number of nitrogens with one attached hydrogen (secondary N) is 1. The van der Waals surface area contributed by atoms with Crippen LogP contribution in [0.15, 0.2) is 54.6 Å². The van der Waals surface area contributed by atoms with Crippen molar-refractivity contribution in [1.82, 2.24) is 0 Å². The smallest absolute Gasteiger partial charge is 0.337 e. The van der Waals surface area contributed by atoms with Gasteiger partial charge in [0, 0.05) is 11.3 Å². The van der Waals surface area contributed by atoms with Crippen LogP contribution in [0.1, 0.15) is 15.9 Å². The summed E-state index contributed by atoms with van der Waals surface area (Å²) in [6, 6.07) is 15.6. The van der Waals surface area contributed by atoms with Crippen molar-refractivity contribution < 1.29 is 14.3 Å². The average Bonchev–Trinajstić information content (AvgIpc) is 2.60. The highest BCUT2D eigenvalue weighted by Gasteiger charge is 2.13. The topological polar surface area (TPSA) is 55.4 Å². The minimum Gasteiger partial charge on any atom is -0.465 e. The summed E-state index contributed by atoms with van der Waals surface area (Å²) in [6.07, 6.45) is 0. The fourth-order valence-corrected chi connectivity index (χ4v) is 1.86. The van der Waals surface area contributed by atoms with E-state index in [1.54, 1.807) is 24.3 Å². The van der Waals surface area contributed by atoms with Crippen LogP contribution >= 0.6 is 11.6 Å². The molecule has 2 aromatic rings. The molecule has 5 heteroatoms. The number of rotatable bonds is 3. The quantitative estimate of drug-likeness (QED) is 0.535. The molecule has 0 saturated heterocycles. The number of alkyl halides is 1. The molecule has 0 spiro atoms. The number of benzene rings is 2. The predicted molar refractivity (Wildman–Crippen MR) is 89.4 cm³/mol. The second-order valence-electron chi connectivity index (χ2n) is 4.56. The van der Waals surface area contributed by atoms with Gasteiger partial charge in [-0.05, 0) is 36.4 Å². The summed E-state index contributed by atoms with van der Waals surface area (Å²) in [5.74, 6) is 4.66. The zero-order chi connectivity index (χ0) is 16.7. The fourth-order valence-electron chi connectivity index (χ4n) is 1.75. The van der Waals surface area contributed by atoms with Crippen LogP contribution in [0.3, 0.4) is 0 Å². The number of carbonyl (C=O) groups is 2. The van der Waals surface area contributed by atoms with Crippen molar-refractivity contribution in [3.05, 3.63) is 65.7 Å². The molecule has 0 bridgehead atoms. The molecule has 0 aliphatic heterocycles. The van der Waals surface area contributed by atoms with E-state index < -0.39 is 17.3 Å². The SMILES string of the molecule is COC(=O)c1ccc(NC(=O)C(Cl)C#Cc2ccccc2)cc1. The molecule has 1 amide bonds. The lowest BCUT2D eigenvalue weighted by Crippen LogP contribution is -2.21. The number of carbonyl (C=O) groups excluding carboxylic acids is 2. The molecule has 116 valence electrons. The summed E-state index contributed by atoms with van der Waals surface area (Å²) in [5, 5.41) is 1.66. The van der Waals surface area contributed by atoms with E-state index in [2.05, 4.69) is 21.9 Å². The molecule has 0 aliphatic carbocycles. The Morgan fingerprint density at radius 2 is 1.74 bits per heavy atom. The van der Waals surface area contributed by atoms with Crippen LogP contribution < -0.4 is 5.32 Å². The predicted octanol–water partition coefficient (Wildman–Crippen LogP) is 3.07. The Morgan fingerprint density at radius 1 is 1.09 bits per heavy atom. The minimum absolute atomic E-state index is 0.400. The first-order valence-electron chi connectivity index (χ1n) is 6.80. The number of methoxy groups -OCH3 is 1. The van der Waals surface area contributed by atoms with Crippen LogP contribution in [0.2, 0.25) is 0 Å². The van der Waals surface area contributed by atoms with Crippen LogP contribution in [0.4, 0.5) is 5.69 Å². The molecule has 0 aliphatic rings. The van der Waals surface area contributed by atoms with E-state index >= 15 is 0 Å². The Balaban J connectivity index is 1.98. The number of amides is 1. The first kappa shape index (κ1) is 16.6. The van der Waals surface area contributed by atoms with Crippen molar-refractivity contribution >= 4 is 29.2 Å². The summed E-state index contributed by atoms with van der Waals surface area (Å²) < 4.78 is 4.60. The number of hydrogen-bond acceptors (Lipinski definition) is 3. The first-order chi connectivity index (χ1) is 11.1. The molecule has 1 N–H and O–H groups in total. The molecule has 0 radical (unpaired) electrons. The molecule has 0 aromatic heterocycles. The van der Waals surface area contributed by atoms with Gasteiger partial charge in [0.15, 0.2) is 5.38 Å². The van der Waals surface area contributed by atoms with E-state index in [1.165, 1.54) is 7.11 Å². The Kier molecular flexibility index (Phi) is 5.79. The van der Waals surface area contributed by atoms with Gasteiger partial charge < -0.3 is 10.1 Å². The largest absolute Gasteiger partial charge is 0.465 e. The maximum Gasteiger partial charge on any atom is 0.337 e. The Morgan fingerprint density at radius 3 is 2.35 bits per heavy atom. The molecular formula is C18H14ClNO3. The van der Waals surface area contributed by atoms with Crippen LogP contribution in [0, 0.1) is 11.8 Å². The van der Waals surface area contributed by atoms with Gasteiger partial charge in [0.05, 0.1) is 12.7 Å². The Hall–Kier alpha value is -2.77. The number of halogens is 1. The van der Waals surface area contributed by atoms with Crippen LogP contribution in [0.25, 0.3) is 0 Å². The molecule has 0 fully saturated rings. The summed E-state index contributed by atoms with van der Waals surface area (Å²) in [7, 11) is 1.31. The molecule has 1 unspecified atom stereocenters. The van der Waals surface area contributed by atoms with Gasteiger partial charge in [0.1, 0.15) is 0 Å².